The van der Waals surface area contributed by atoms with Crippen molar-refractivity contribution in [2.24, 2.45) is 0 Å². The Hall–Kier alpha value is -3.00. The predicted molar refractivity (Wildman–Crippen MR) is 94.5 cm³/mol. The molecule has 2 atom stereocenters. The SMILES string of the molecule is COC(=O)NC(=O)[C@H](C)N[C@@H](c1ccccc1)c1ccc(OC(F)F)cc1. The van der Waals surface area contributed by atoms with E-state index in [1.807, 2.05) is 30.3 Å². The first-order valence-electron chi connectivity index (χ1n) is 8.15. The van der Waals surface area contributed by atoms with Gasteiger partial charge in [0.15, 0.2) is 0 Å². The monoisotopic (exact) mass is 378 g/mol. The summed E-state index contributed by atoms with van der Waals surface area (Å²) in [6, 6.07) is 14.3. The molecule has 0 heterocycles. The number of ether oxygens (including phenoxy) is 2. The molecule has 0 radical (unpaired) electrons. The molecule has 0 saturated heterocycles. The van der Waals surface area contributed by atoms with Gasteiger partial charge >= 0.3 is 12.7 Å². The highest BCUT2D eigenvalue weighted by atomic mass is 19.3. The summed E-state index contributed by atoms with van der Waals surface area (Å²) in [5.41, 5.74) is 1.60. The summed E-state index contributed by atoms with van der Waals surface area (Å²) in [4.78, 5) is 23.3. The highest BCUT2D eigenvalue weighted by molar-refractivity contribution is 5.94. The molecule has 0 aliphatic rings. The number of halogens is 2. The molecule has 0 aliphatic heterocycles. The van der Waals surface area contributed by atoms with Crippen molar-refractivity contribution in [3.05, 3.63) is 65.7 Å². The van der Waals surface area contributed by atoms with Gasteiger partial charge in [-0.25, -0.2) is 4.79 Å². The van der Waals surface area contributed by atoms with Crippen molar-refractivity contribution in [2.45, 2.75) is 25.6 Å². The molecule has 2 aromatic carbocycles. The van der Waals surface area contributed by atoms with Crippen LogP contribution in [-0.4, -0.2) is 31.8 Å². The van der Waals surface area contributed by atoms with Crippen LogP contribution in [-0.2, 0) is 9.53 Å². The van der Waals surface area contributed by atoms with E-state index < -0.39 is 30.7 Å². The van der Waals surface area contributed by atoms with E-state index in [9.17, 15) is 18.4 Å². The molecule has 27 heavy (non-hydrogen) atoms. The maximum absolute atomic E-state index is 12.3. The molecule has 0 saturated carbocycles. The van der Waals surface area contributed by atoms with Crippen LogP contribution in [0, 0.1) is 0 Å². The second-order valence-electron chi connectivity index (χ2n) is 5.66. The fraction of sp³-hybridized carbons (Fsp3) is 0.263. The summed E-state index contributed by atoms with van der Waals surface area (Å²) in [7, 11) is 1.16. The van der Waals surface area contributed by atoms with Gasteiger partial charge in [-0.15, -0.1) is 0 Å². The van der Waals surface area contributed by atoms with E-state index in [-0.39, 0.29) is 5.75 Å². The number of benzene rings is 2. The van der Waals surface area contributed by atoms with E-state index in [4.69, 9.17) is 0 Å². The molecule has 0 unspecified atom stereocenters. The van der Waals surface area contributed by atoms with Gasteiger partial charge in [-0.05, 0) is 30.2 Å². The van der Waals surface area contributed by atoms with Crippen LogP contribution in [0.4, 0.5) is 13.6 Å². The van der Waals surface area contributed by atoms with Crippen LogP contribution in [0.2, 0.25) is 0 Å². The number of hydrogen-bond donors (Lipinski definition) is 2. The number of amides is 2. The molecule has 144 valence electrons. The Morgan fingerprint density at radius 1 is 0.963 bits per heavy atom. The smallest absolute Gasteiger partial charge is 0.413 e. The zero-order chi connectivity index (χ0) is 19.8. The molecule has 0 spiro atoms. The topological polar surface area (TPSA) is 76.7 Å². The van der Waals surface area contributed by atoms with Crippen molar-refractivity contribution in [1.29, 1.82) is 0 Å². The first-order chi connectivity index (χ1) is 12.9. The minimum atomic E-state index is -2.90. The van der Waals surface area contributed by atoms with E-state index in [2.05, 4.69) is 20.1 Å². The number of carbonyl (C=O) groups excluding carboxylic acids is 2. The van der Waals surface area contributed by atoms with Gasteiger partial charge in [-0.1, -0.05) is 42.5 Å². The molecule has 6 nitrogen and oxygen atoms in total. The minimum Gasteiger partial charge on any atom is -0.453 e. The number of hydrogen-bond acceptors (Lipinski definition) is 5. The third-order valence-corrected chi connectivity index (χ3v) is 3.79. The average molecular weight is 378 g/mol. The summed E-state index contributed by atoms with van der Waals surface area (Å²) in [5, 5.41) is 5.23. The van der Waals surface area contributed by atoms with Crippen LogP contribution >= 0.6 is 0 Å². The Labute approximate surface area is 155 Å². The Kier molecular flexibility index (Phi) is 7.25. The predicted octanol–water partition coefficient (Wildman–Crippen LogP) is 3.24. The van der Waals surface area contributed by atoms with Crippen molar-refractivity contribution in [3.63, 3.8) is 0 Å². The molecular formula is C19H20F2N2O4. The first kappa shape index (κ1) is 20.3. The van der Waals surface area contributed by atoms with E-state index in [0.717, 1.165) is 18.2 Å². The number of methoxy groups -OCH3 is 1. The van der Waals surface area contributed by atoms with E-state index >= 15 is 0 Å². The minimum absolute atomic E-state index is 0.0389. The van der Waals surface area contributed by atoms with Gasteiger partial charge in [0.25, 0.3) is 0 Å². The number of nitrogens with one attached hydrogen (secondary N) is 2. The molecule has 0 fully saturated rings. The van der Waals surface area contributed by atoms with Gasteiger partial charge in [-0.2, -0.15) is 8.78 Å². The van der Waals surface area contributed by atoms with Gasteiger partial charge in [-0.3, -0.25) is 15.4 Å². The second-order valence-corrected chi connectivity index (χ2v) is 5.66. The summed E-state index contributed by atoms with van der Waals surface area (Å²) < 4.78 is 33.4. The van der Waals surface area contributed by atoms with Gasteiger partial charge in [0.05, 0.1) is 19.2 Å². The molecule has 0 bridgehead atoms. The lowest BCUT2D eigenvalue weighted by Gasteiger charge is -2.24. The Morgan fingerprint density at radius 2 is 1.56 bits per heavy atom. The number of alkyl carbamates (subject to hydrolysis) is 1. The Balaban J connectivity index is 2.22. The third-order valence-electron chi connectivity index (χ3n) is 3.79. The highest BCUT2D eigenvalue weighted by Crippen LogP contribution is 2.25. The normalized spacial score (nSPS) is 12.9. The van der Waals surface area contributed by atoms with Gasteiger partial charge in [0, 0.05) is 0 Å². The zero-order valence-corrected chi connectivity index (χ0v) is 14.8. The summed E-state index contributed by atoms with van der Waals surface area (Å²) >= 11 is 0. The molecule has 2 amide bonds. The average Bonchev–Trinajstić information content (AvgIpc) is 2.66. The quantitative estimate of drug-likeness (QED) is 0.774. The summed E-state index contributed by atoms with van der Waals surface area (Å²) in [5.74, 6) is -0.516. The highest BCUT2D eigenvalue weighted by Gasteiger charge is 2.22. The second kappa shape index (κ2) is 9.63. The molecule has 2 rings (SSSR count). The van der Waals surface area contributed by atoms with Crippen molar-refractivity contribution in [1.82, 2.24) is 10.6 Å². The number of carbonyl (C=O) groups is 2. The van der Waals surface area contributed by atoms with Gasteiger partial charge in [0.1, 0.15) is 5.75 Å². The molecule has 8 heteroatoms. The van der Waals surface area contributed by atoms with Crippen molar-refractivity contribution < 1.29 is 27.8 Å². The molecule has 2 aromatic rings. The maximum atomic E-state index is 12.3. The fourth-order valence-electron chi connectivity index (χ4n) is 2.46. The van der Waals surface area contributed by atoms with Crippen LogP contribution in [0.3, 0.4) is 0 Å². The van der Waals surface area contributed by atoms with Crippen LogP contribution in [0.1, 0.15) is 24.1 Å². The Morgan fingerprint density at radius 3 is 2.11 bits per heavy atom. The van der Waals surface area contributed by atoms with Gasteiger partial charge < -0.3 is 9.47 Å². The zero-order valence-electron chi connectivity index (χ0n) is 14.8. The van der Waals surface area contributed by atoms with Crippen LogP contribution < -0.4 is 15.4 Å². The number of imide groups is 1. The third kappa shape index (κ3) is 6.03. The maximum Gasteiger partial charge on any atom is 0.413 e. The van der Waals surface area contributed by atoms with E-state index in [1.165, 1.54) is 12.1 Å². The standard InChI is InChI=1S/C19H20F2N2O4/c1-12(17(24)23-19(25)26-2)22-16(13-6-4-3-5-7-13)14-8-10-15(11-9-14)27-18(20)21/h3-12,16,18,22H,1-2H3,(H,23,24,25)/t12-,16-/m0/s1. The van der Waals surface area contributed by atoms with Crippen LogP contribution in [0.25, 0.3) is 0 Å². The van der Waals surface area contributed by atoms with Gasteiger partial charge in [0.2, 0.25) is 5.91 Å². The lowest BCUT2D eigenvalue weighted by Crippen LogP contribution is -2.45. The largest absolute Gasteiger partial charge is 0.453 e. The molecule has 2 N–H and O–H groups in total. The fourth-order valence-corrected chi connectivity index (χ4v) is 2.46. The number of alkyl halides is 2. The number of rotatable bonds is 7. The van der Waals surface area contributed by atoms with Crippen molar-refractivity contribution in [2.75, 3.05) is 7.11 Å². The Bertz CT molecular complexity index is 754. The van der Waals surface area contributed by atoms with Crippen LogP contribution in [0.5, 0.6) is 5.75 Å². The summed E-state index contributed by atoms with van der Waals surface area (Å²) in [6.07, 6.45) is -0.849. The van der Waals surface area contributed by atoms with Crippen LogP contribution in [0.15, 0.2) is 54.6 Å². The molecular weight excluding hydrogens is 358 g/mol. The molecule has 0 aliphatic carbocycles. The summed E-state index contributed by atoms with van der Waals surface area (Å²) in [6.45, 7) is -1.30. The molecule has 0 aromatic heterocycles. The lowest BCUT2D eigenvalue weighted by molar-refractivity contribution is -0.122. The lowest BCUT2D eigenvalue weighted by atomic mass is 9.97. The first-order valence-corrected chi connectivity index (χ1v) is 8.15. The van der Waals surface area contributed by atoms with E-state index in [0.29, 0.717) is 0 Å². The van der Waals surface area contributed by atoms with Crippen molar-refractivity contribution in [3.8, 4) is 5.75 Å². The van der Waals surface area contributed by atoms with E-state index in [1.54, 1.807) is 19.1 Å². The van der Waals surface area contributed by atoms with Crippen molar-refractivity contribution >= 4 is 12.0 Å².